The lowest BCUT2D eigenvalue weighted by atomic mass is 10.1. The smallest absolute Gasteiger partial charge is 0.340 e. The van der Waals surface area contributed by atoms with Crippen LogP contribution < -0.4 is 5.32 Å². The van der Waals surface area contributed by atoms with Crippen molar-refractivity contribution in [1.29, 1.82) is 0 Å². The van der Waals surface area contributed by atoms with Crippen LogP contribution in [0.1, 0.15) is 15.9 Å². The van der Waals surface area contributed by atoms with E-state index in [-0.39, 0.29) is 10.6 Å². The molecule has 8 heteroatoms. The molecule has 0 saturated carbocycles. The highest BCUT2D eigenvalue weighted by Gasteiger charge is 2.15. The second kappa shape index (κ2) is 8.52. The SMILES string of the molecule is Cc1ccc(-c2csc(NC(=O)COC(=O)c3ccc(Cl)cc3Cl)n2)cc1. The number of esters is 1. The van der Waals surface area contributed by atoms with Gasteiger partial charge in [0, 0.05) is 16.0 Å². The minimum absolute atomic E-state index is 0.143. The monoisotopic (exact) mass is 420 g/mol. The van der Waals surface area contributed by atoms with Gasteiger partial charge in [0.15, 0.2) is 11.7 Å². The lowest BCUT2D eigenvalue weighted by Crippen LogP contribution is -2.21. The maximum absolute atomic E-state index is 12.0. The van der Waals surface area contributed by atoms with Crippen molar-refractivity contribution < 1.29 is 14.3 Å². The van der Waals surface area contributed by atoms with Crippen molar-refractivity contribution >= 4 is 51.5 Å². The predicted octanol–water partition coefficient (Wildman–Crippen LogP) is 5.22. The van der Waals surface area contributed by atoms with Crippen molar-refractivity contribution in [3.05, 3.63) is 69.0 Å². The molecule has 0 radical (unpaired) electrons. The molecule has 0 saturated heterocycles. The molecule has 1 amide bonds. The molecular weight excluding hydrogens is 407 g/mol. The number of carbonyl (C=O) groups excluding carboxylic acids is 2. The van der Waals surface area contributed by atoms with Gasteiger partial charge in [-0.15, -0.1) is 11.3 Å². The molecule has 0 bridgehead atoms. The first-order valence-electron chi connectivity index (χ1n) is 7.87. The maximum atomic E-state index is 12.0. The van der Waals surface area contributed by atoms with Crippen molar-refractivity contribution in [3.8, 4) is 11.3 Å². The summed E-state index contributed by atoms with van der Waals surface area (Å²) in [5.41, 5.74) is 3.02. The van der Waals surface area contributed by atoms with Gasteiger partial charge in [-0.1, -0.05) is 53.0 Å². The molecule has 0 aliphatic heterocycles. The highest BCUT2D eigenvalue weighted by molar-refractivity contribution is 7.14. The average molecular weight is 421 g/mol. The Bertz CT molecular complexity index is 987. The summed E-state index contributed by atoms with van der Waals surface area (Å²) in [6.07, 6.45) is 0. The molecule has 0 fully saturated rings. The standard InChI is InChI=1S/C19H14Cl2N2O3S/c1-11-2-4-12(5-3-11)16-10-27-19(22-16)23-17(24)9-26-18(25)14-7-6-13(20)8-15(14)21/h2-8,10H,9H2,1H3,(H,22,23,24). The number of hydrogen-bond acceptors (Lipinski definition) is 5. The Morgan fingerprint density at radius 3 is 2.59 bits per heavy atom. The van der Waals surface area contributed by atoms with E-state index in [4.69, 9.17) is 27.9 Å². The molecular formula is C19H14Cl2N2O3S. The second-order valence-electron chi connectivity index (χ2n) is 5.65. The summed E-state index contributed by atoms with van der Waals surface area (Å²) in [5.74, 6) is -1.19. The van der Waals surface area contributed by atoms with Crippen molar-refractivity contribution in [3.63, 3.8) is 0 Å². The van der Waals surface area contributed by atoms with E-state index in [2.05, 4.69) is 10.3 Å². The number of nitrogens with zero attached hydrogens (tertiary/aromatic N) is 1. The predicted molar refractivity (Wildman–Crippen MR) is 108 cm³/mol. The first-order valence-corrected chi connectivity index (χ1v) is 9.50. The van der Waals surface area contributed by atoms with E-state index < -0.39 is 18.5 Å². The van der Waals surface area contributed by atoms with Gasteiger partial charge in [0.05, 0.1) is 16.3 Å². The van der Waals surface area contributed by atoms with Gasteiger partial charge in [-0.2, -0.15) is 0 Å². The van der Waals surface area contributed by atoms with Crippen LogP contribution in [-0.4, -0.2) is 23.5 Å². The van der Waals surface area contributed by atoms with Crippen molar-refractivity contribution in [1.82, 2.24) is 4.98 Å². The van der Waals surface area contributed by atoms with Gasteiger partial charge in [-0.05, 0) is 25.1 Å². The van der Waals surface area contributed by atoms with E-state index in [1.165, 1.54) is 29.5 Å². The molecule has 1 N–H and O–H groups in total. The van der Waals surface area contributed by atoms with E-state index in [1.54, 1.807) is 0 Å². The van der Waals surface area contributed by atoms with Crippen LogP contribution in [0.15, 0.2) is 47.8 Å². The van der Waals surface area contributed by atoms with E-state index in [0.717, 1.165) is 16.8 Å². The molecule has 3 rings (SSSR count). The summed E-state index contributed by atoms with van der Waals surface area (Å²) < 4.78 is 4.99. The number of aryl methyl sites for hydroxylation is 1. The third kappa shape index (κ3) is 5.07. The molecule has 1 aromatic heterocycles. The van der Waals surface area contributed by atoms with Gasteiger partial charge >= 0.3 is 5.97 Å². The molecule has 0 spiro atoms. The Kier molecular flexibility index (Phi) is 6.11. The Labute approximate surface area is 169 Å². The number of ether oxygens (including phenoxy) is 1. The van der Waals surface area contributed by atoms with Crippen LogP contribution in [0.3, 0.4) is 0 Å². The minimum atomic E-state index is -0.703. The number of nitrogens with one attached hydrogen (secondary N) is 1. The largest absolute Gasteiger partial charge is 0.452 e. The van der Waals surface area contributed by atoms with Crippen molar-refractivity contribution in [2.45, 2.75) is 6.92 Å². The van der Waals surface area contributed by atoms with Crippen molar-refractivity contribution in [2.24, 2.45) is 0 Å². The number of anilines is 1. The molecule has 0 unspecified atom stereocenters. The Hall–Kier alpha value is -2.41. The Balaban J connectivity index is 1.56. The van der Waals surface area contributed by atoms with Crippen LogP contribution in [0.5, 0.6) is 0 Å². The first kappa shape index (κ1) is 19.4. The van der Waals surface area contributed by atoms with E-state index in [1.807, 2.05) is 36.6 Å². The molecule has 27 heavy (non-hydrogen) atoms. The van der Waals surface area contributed by atoms with Crippen LogP contribution in [0, 0.1) is 6.92 Å². The number of amides is 1. The average Bonchev–Trinajstić information content (AvgIpc) is 3.08. The number of aromatic nitrogens is 1. The zero-order valence-electron chi connectivity index (χ0n) is 14.2. The third-order valence-corrected chi connectivity index (χ3v) is 4.89. The molecule has 5 nitrogen and oxygen atoms in total. The van der Waals surface area contributed by atoms with E-state index >= 15 is 0 Å². The van der Waals surface area contributed by atoms with Gasteiger partial charge in [0.1, 0.15) is 0 Å². The Morgan fingerprint density at radius 1 is 1.15 bits per heavy atom. The summed E-state index contributed by atoms with van der Waals surface area (Å²) in [7, 11) is 0. The van der Waals surface area contributed by atoms with E-state index in [9.17, 15) is 9.59 Å². The minimum Gasteiger partial charge on any atom is -0.452 e. The lowest BCUT2D eigenvalue weighted by molar-refractivity contribution is -0.119. The highest BCUT2D eigenvalue weighted by atomic mass is 35.5. The zero-order chi connectivity index (χ0) is 19.4. The number of hydrogen-bond donors (Lipinski definition) is 1. The summed E-state index contributed by atoms with van der Waals surface area (Å²) in [6.45, 7) is 1.56. The molecule has 0 atom stereocenters. The summed E-state index contributed by atoms with van der Waals surface area (Å²) in [4.78, 5) is 28.4. The van der Waals surface area contributed by atoms with Crippen LogP contribution in [0.25, 0.3) is 11.3 Å². The third-order valence-electron chi connectivity index (χ3n) is 3.58. The molecule has 1 heterocycles. The second-order valence-corrected chi connectivity index (χ2v) is 7.35. The lowest BCUT2D eigenvalue weighted by Gasteiger charge is -2.06. The fourth-order valence-corrected chi connectivity index (χ4v) is 3.43. The fourth-order valence-electron chi connectivity index (χ4n) is 2.21. The maximum Gasteiger partial charge on any atom is 0.340 e. The topological polar surface area (TPSA) is 68.3 Å². The van der Waals surface area contributed by atoms with Crippen LogP contribution in [0.2, 0.25) is 10.0 Å². The molecule has 0 aliphatic carbocycles. The quantitative estimate of drug-likeness (QED) is 0.574. The van der Waals surface area contributed by atoms with Crippen LogP contribution in [-0.2, 0) is 9.53 Å². The zero-order valence-corrected chi connectivity index (χ0v) is 16.5. The number of rotatable bonds is 5. The summed E-state index contributed by atoms with van der Waals surface area (Å²) in [5, 5.41) is 5.45. The van der Waals surface area contributed by atoms with Gasteiger partial charge in [0.25, 0.3) is 5.91 Å². The van der Waals surface area contributed by atoms with Gasteiger partial charge < -0.3 is 4.74 Å². The fraction of sp³-hybridized carbons (Fsp3) is 0.105. The highest BCUT2D eigenvalue weighted by Crippen LogP contribution is 2.25. The molecule has 2 aromatic carbocycles. The molecule has 138 valence electrons. The van der Waals surface area contributed by atoms with Crippen LogP contribution in [0.4, 0.5) is 5.13 Å². The van der Waals surface area contributed by atoms with Gasteiger partial charge in [0.2, 0.25) is 0 Å². The molecule has 3 aromatic rings. The number of benzene rings is 2. The number of thiazole rings is 1. The normalized spacial score (nSPS) is 10.5. The number of halogens is 2. The van der Waals surface area contributed by atoms with Gasteiger partial charge in [-0.25, -0.2) is 9.78 Å². The van der Waals surface area contributed by atoms with Crippen LogP contribution >= 0.6 is 34.5 Å². The van der Waals surface area contributed by atoms with Crippen molar-refractivity contribution in [2.75, 3.05) is 11.9 Å². The summed E-state index contributed by atoms with van der Waals surface area (Å²) in [6, 6.07) is 12.3. The summed E-state index contributed by atoms with van der Waals surface area (Å²) >= 11 is 13.0. The molecule has 0 aliphatic rings. The van der Waals surface area contributed by atoms with E-state index in [0.29, 0.717) is 10.2 Å². The first-order chi connectivity index (χ1) is 12.9. The van der Waals surface area contributed by atoms with Gasteiger partial charge in [-0.3, -0.25) is 10.1 Å². The number of carbonyl (C=O) groups is 2. The Morgan fingerprint density at radius 2 is 1.89 bits per heavy atom.